The number of carboxylic acid groups (broad SMARTS) is 1. The Morgan fingerprint density at radius 1 is 0.778 bits per heavy atom. The molecule has 1 rings (SSSR count). The number of hydrogen-bond donors (Lipinski definition) is 12. The van der Waals surface area contributed by atoms with Gasteiger partial charge in [0.25, 0.3) is 0 Å². The lowest BCUT2D eigenvalue weighted by molar-refractivity contribution is -0.138. The molecule has 1 aromatic carbocycles. The van der Waals surface area contributed by atoms with Gasteiger partial charge >= 0.3 is 5.97 Å². The van der Waals surface area contributed by atoms with Crippen molar-refractivity contribution in [2.45, 2.75) is 49.9 Å². The summed E-state index contributed by atoms with van der Waals surface area (Å²) < 4.78 is 0. The van der Waals surface area contributed by atoms with Crippen LogP contribution in [0.4, 0.5) is 0 Å². The summed E-state index contributed by atoms with van der Waals surface area (Å²) in [6, 6.07) is 2.91. The van der Waals surface area contributed by atoms with Crippen LogP contribution in [-0.4, -0.2) is 108 Å². The predicted molar refractivity (Wildman–Crippen MR) is 158 cm³/mol. The molecule has 0 aliphatic heterocycles. The van der Waals surface area contributed by atoms with Crippen LogP contribution in [0.15, 0.2) is 30.3 Å². The lowest BCUT2D eigenvalue weighted by Gasteiger charge is -2.25. The summed E-state index contributed by atoms with van der Waals surface area (Å²) in [4.78, 5) is 86.3. The Bertz CT molecular complexity index is 1210. The maximum Gasteiger partial charge on any atom is 0.322 e. The third-order valence-corrected chi connectivity index (χ3v) is 5.96. The first-order valence-electron chi connectivity index (χ1n) is 13.7. The van der Waals surface area contributed by atoms with Gasteiger partial charge in [-0.1, -0.05) is 30.3 Å². The Kier molecular flexibility index (Phi) is 16.6. The molecule has 0 saturated carbocycles. The van der Waals surface area contributed by atoms with Gasteiger partial charge in [-0.15, -0.1) is 0 Å². The van der Waals surface area contributed by atoms with Crippen LogP contribution in [-0.2, 0) is 40.0 Å². The van der Waals surface area contributed by atoms with Gasteiger partial charge in [-0.25, -0.2) is 0 Å². The molecule has 0 bridgehead atoms. The third-order valence-electron chi connectivity index (χ3n) is 5.96. The fourth-order valence-corrected chi connectivity index (χ4v) is 3.72. The van der Waals surface area contributed by atoms with Crippen molar-refractivity contribution in [3.63, 3.8) is 0 Å². The maximum atomic E-state index is 13.3. The number of carboxylic acids is 1. The molecule has 0 unspecified atom stereocenters. The van der Waals surface area contributed by atoms with Crippen LogP contribution < -0.4 is 49.1 Å². The van der Waals surface area contributed by atoms with E-state index < -0.39 is 91.7 Å². The van der Waals surface area contributed by atoms with Crippen molar-refractivity contribution in [2.75, 3.05) is 26.2 Å². The fraction of sp³-hybridized carbons (Fsp3) is 0.462. The van der Waals surface area contributed by atoms with E-state index in [1.165, 1.54) is 0 Å². The molecule has 0 heterocycles. The molecule has 0 spiro atoms. The van der Waals surface area contributed by atoms with Gasteiger partial charge in [0, 0.05) is 13.0 Å². The molecule has 248 valence electrons. The quantitative estimate of drug-likeness (QED) is 0.0362. The van der Waals surface area contributed by atoms with Crippen molar-refractivity contribution in [3.05, 3.63) is 35.9 Å². The zero-order valence-corrected chi connectivity index (χ0v) is 24.3. The van der Waals surface area contributed by atoms with Crippen LogP contribution in [0, 0.1) is 5.41 Å². The summed E-state index contributed by atoms with van der Waals surface area (Å²) in [6.45, 7) is -1.87. The molecule has 19 heteroatoms. The molecule has 45 heavy (non-hydrogen) atoms. The van der Waals surface area contributed by atoms with E-state index in [-0.39, 0.29) is 31.8 Å². The molecular weight excluding hydrogens is 596 g/mol. The third kappa shape index (κ3) is 15.7. The molecule has 0 aromatic heterocycles. The summed E-state index contributed by atoms with van der Waals surface area (Å²) in [7, 11) is 0. The van der Waals surface area contributed by atoms with E-state index in [0.29, 0.717) is 5.56 Å². The largest absolute Gasteiger partial charge is 0.480 e. The van der Waals surface area contributed by atoms with Gasteiger partial charge in [-0.3, -0.25) is 39.0 Å². The van der Waals surface area contributed by atoms with Crippen molar-refractivity contribution in [2.24, 2.45) is 17.2 Å². The Balaban J connectivity index is 3.11. The number of primary amides is 1. The van der Waals surface area contributed by atoms with Crippen molar-refractivity contribution < 1.29 is 43.8 Å². The molecular formula is C26H40N10O9. The smallest absolute Gasteiger partial charge is 0.322 e. The van der Waals surface area contributed by atoms with Gasteiger partial charge in [-0.2, -0.15) is 0 Å². The highest BCUT2D eigenvalue weighted by Crippen LogP contribution is 2.06. The zero-order chi connectivity index (χ0) is 33.9. The molecule has 15 N–H and O–H groups in total. The number of aliphatic hydroxyl groups is 1. The molecule has 0 radical (unpaired) electrons. The first kappa shape index (κ1) is 37.7. The minimum Gasteiger partial charge on any atom is -0.480 e. The van der Waals surface area contributed by atoms with E-state index in [1.54, 1.807) is 30.3 Å². The Morgan fingerprint density at radius 2 is 1.38 bits per heavy atom. The standard InChI is InChI=1S/C26H40N10O9/c27-15(13-37)22(42)32-11-20(39)34-16(7-4-8-31-26(29)30)24(44)36-18(10-19(28)38)25(45)35-17(23(43)33-12-21(40)41)9-14-5-2-1-3-6-14/h1-3,5-6,15-18,37H,4,7-13,27H2,(H2,28,38)(H,32,42)(H,33,43)(H,34,39)(H,35,45)(H,36,44)(H,40,41)(H4,29,30,31)/t15-,16-,17-,18-/m0/s1. The summed E-state index contributed by atoms with van der Waals surface area (Å²) in [5.41, 5.74) is 16.5. The van der Waals surface area contributed by atoms with Crippen LogP contribution in [0.25, 0.3) is 0 Å². The van der Waals surface area contributed by atoms with E-state index in [0.717, 1.165) is 0 Å². The van der Waals surface area contributed by atoms with E-state index in [2.05, 4.69) is 31.9 Å². The summed E-state index contributed by atoms with van der Waals surface area (Å²) in [6.07, 6.45) is -0.632. The van der Waals surface area contributed by atoms with Gasteiger partial charge in [0.1, 0.15) is 30.7 Å². The number of hydrogen-bond acceptors (Lipinski definition) is 10. The van der Waals surface area contributed by atoms with Gasteiger partial charge in [-0.05, 0) is 18.4 Å². The highest BCUT2D eigenvalue weighted by Gasteiger charge is 2.31. The van der Waals surface area contributed by atoms with E-state index in [4.69, 9.17) is 32.8 Å². The minimum absolute atomic E-state index is 0.0545. The topological polar surface area (TPSA) is 334 Å². The number of amides is 6. The average molecular weight is 637 g/mol. The lowest BCUT2D eigenvalue weighted by atomic mass is 10.0. The highest BCUT2D eigenvalue weighted by molar-refractivity contribution is 5.97. The second-order valence-corrected chi connectivity index (χ2v) is 9.70. The number of nitrogens with two attached hydrogens (primary N) is 3. The second-order valence-electron chi connectivity index (χ2n) is 9.70. The maximum absolute atomic E-state index is 13.3. The monoisotopic (exact) mass is 636 g/mol. The molecule has 6 amide bonds. The van der Waals surface area contributed by atoms with Crippen LogP contribution in [0.3, 0.4) is 0 Å². The number of carbonyl (C=O) groups is 7. The first-order valence-corrected chi connectivity index (χ1v) is 13.7. The molecule has 0 saturated heterocycles. The number of guanidine groups is 1. The summed E-state index contributed by atoms with van der Waals surface area (Å²) in [5, 5.41) is 39.2. The number of benzene rings is 1. The van der Waals surface area contributed by atoms with Crippen LogP contribution >= 0.6 is 0 Å². The second kappa shape index (κ2) is 19.8. The zero-order valence-electron chi connectivity index (χ0n) is 24.3. The molecule has 0 fully saturated rings. The molecule has 4 atom stereocenters. The fourth-order valence-electron chi connectivity index (χ4n) is 3.72. The summed E-state index contributed by atoms with van der Waals surface area (Å²) >= 11 is 0. The Hall–Kier alpha value is -5.30. The number of nitrogens with one attached hydrogen (secondary N) is 7. The number of aliphatic carboxylic acids is 1. The van der Waals surface area contributed by atoms with Crippen LogP contribution in [0.5, 0.6) is 0 Å². The van der Waals surface area contributed by atoms with Crippen molar-refractivity contribution in [1.82, 2.24) is 31.9 Å². The SMILES string of the molecule is N=C(N)NCCC[C@H](NC(=O)CNC(=O)[C@@H](N)CO)C(=O)N[C@@H](CC(N)=O)C(=O)N[C@@H](Cc1ccccc1)C(=O)NCC(=O)O. The van der Waals surface area contributed by atoms with Gasteiger partial charge < -0.3 is 59.3 Å². The van der Waals surface area contributed by atoms with E-state index >= 15 is 0 Å². The van der Waals surface area contributed by atoms with Gasteiger partial charge in [0.05, 0.1) is 19.6 Å². The average Bonchev–Trinajstić information content (AvgIpc) is 2.98. The number of carbonyl (C=O) groups excluding carboxylic acids is 6. The number of rotatable bonds is 20. The van der Waals surface area contributed by atoms with E-state index in [1.807, 2.05) is 0 Å². The predicted octanol–water partition coefficient (Wildman–Crippen LogP) is -5.54. The van der Waals surface area contributed by atoms with Gasteiger partial charge in [0.15, 0.2) is 5.96 Å². The Morgan fingerprint density at radius 3 is 1.96 bits per heavy atom. The molecule has 0 aliphatic carbocycles. The van der Waals surface area contributed by atoms with Gasteiger partial charge in [0.2, 0.25) is 35.4 Å². The Labute approximate surface area is 257 Å². The minimum atomic E-state index is -1.61. The summed E-state index contributed by atoms with van der Waals surface area (Å²) in [5.74, 6) is -7.07. The molecule has 0 aliphatic rings. The van der Waals surface area contributed by atoms with E-state index in [9.17, 15) is 33.6 Å². The molecule has 1 aromatic rings. The number of aliphatic hydroxyl groups excluding tert-OH is 1. The van der Waals surface area contributed by atoms with Crippen molar-refractivity contribution >= 4 is 47.4 Å². The van der Waals surface area contributed by atoms with Crippen LogP contribution in [0.1, 0.15) is 24.8 Å². The normalized spacial score (nSPS) is 13.1. The van der Waals surface area contributed by atoms with Crippen LogP contribution in [0.2, 0.25) is 0 Å². The molecule has 19 nitrogen and oxygen atoms in total. The first-order chi connectivity index (χ1) is 21.2. The van der Waals surface area contributed by atoms with Crippen molar-refractivity contribution in [1.29, 1.82) is 5.41 Å². The lowest BCUT2D eigenvalue weighted by Crippen LogP contribution is -2.58. The highest BCUT2D eigenvalue weighted by atomic mass is 16.4. The van der Waals surface area contributed by atoms with Crippen molar-refractivity contribution in [3.8, 4) is 0 Å².